The van der Waals surface area contributed by atoms with E-state index in [0.717, 1.165) is 11.3 Å². The quantitative estimate of drug-likeness (QED) is 0.894. The van der Waals surface area contributed by atoms with E-state index in [4.69, 9.17) is 4.74 Å². The number of ether oxygens (including phenoxy) is 1. The Hall–Kier alpha value is -1.95. The summed E-state index contributed by atoms with van der Waals surface area (Å²) in [6, 6.07) is 1.24. The van der Waals surface area contributed by atoms with Crippen LogP contribution in [0.5, 0.6) is 5.75 Å². The summed E-state index contributed by atoms with van der Waals surface area (Å²) in [5.41, 5.74) is 1.59. The third-order valence-corrected chi connectivity index (χ3v) is 2.99. The minimum absolute atomic E-state index is 0.222. The summed E-state index contributed by atoms with van der Waals surface area (Å²) in [7, 11) is 3.40. The van der Waals surface area contributed by atoms with Crippen LogP contribution in [0.25, 0.3) is 0 Å². The lowest BCUT2D eigenvalue weighted by molar-refractivity contribution is 0.401. The van der Waals surface area contributed by atoms with Crippen molar-refractivity contribution in [3.63, 3.8) is 0 Å². The van der Waals surface area contributed by atoms with Crippen molar-refractivity contribution in [2.24, 2.45) is 0 Å². The first-order valence-corrected chi connectivity index (χ1v) is 6.08. The highest BCUT2D eigenvalue weighted by atomic mass is 19.1. The molecule has 0 aliphatic heterocycles. The highest BCUT2D eigenvalue weighted by molar-refractivity contribution is 5.35. The Labute approximate surface area is 111 Å². The van der Waals surface area contributed by atoms with Crippen LogP contribution in [0.1, 0.15) is 24.2 Å². The number of aryl methyl sites for hydroxylation is 1. The predicted octanol–water partition coefficient (Wildman–Crippen LogP) is 1.75. The highest BCUT2D eigenvalue weighted by Crippen LogP contribution is 2.29. The zero-order chi connectivity index (χ0) is 13.8. The van der Waals surface area contributed by atoms with Crippen LogP contribution in [-0.2, 0) is 6.54 Å². The fourth-order valence-corrected chi connectivity index (χ4v) is 2.13. The molecular formula is C13H17FN4O. The molecule has 1 N–H and O–H groups in total. The van der Waals surface area contributed by atoms with Gasteiger partial charge in [-0.1, -0.05) is 0 Å². The summed E-state index contributed by atoms with van der Waals surface area (Å²) in [5.74, 6) is 0.310. The SMILES string of the molecule is CCn1ncc(OC)c1C(NC)c1cncc(F)c1. The Morgan fingerprint density at radius 1 is 1.42 bits per heavy atom. The van der Waals surface area contributed by atoms with Crippen molar-refractivity contribution in [2.45, 2.75) is 19.5 Å². The number of aromatic nitrogens is 3. The minimum Gasteiger partial charge on any atom is -0.493 e. The van der Waals surface area contributed by atoms with Crippen LogP contribution in [0.15, 0.2) is 24.7 Å². The molecule has 102 valence electrons. The lowest BCUT2D eigenvalue weighted by atomic mass is 10.1. The molecule has 0 saturated heterocycles. The molecule has 19 heavy (non-hydrogen) atoms. The zero-order valence-corrected chi connectivity index (χ0v) is 11.2. The molecule has 0 aromatic carbocycles. The lowest BCUT2D eigenvalue weighted by Crippen LogP contribution is -2.22. The van der Waals surface area contributed by atoms with Crippen LogP contribution in [0.3, 0.4) is 0 Å². The molecule has 1 unspecified atom stereocenters. The van der Waals surface area contributed by atoms with Gasteiger partial charge >= 0.3 is 0 Å². The monoisotopic (exact) mass is 264 g/mol. The summed E-state index contributed by atoms with van der Waals surface area (Å²) in [5, 5.41) is 7.41. The topological polar surface area (TPSA) is 52.0 Å². The van der Waals surface area contributed by atoms with Crippen molar-refractivity contribution in [1.29, 1.82) is 0 Å². The molecule has 2 aromatic rings. The second-order valence-electron chi connectivity index (χ2n) is 4.07. The van der Waals surface area contributed by atoms with E-state index in [9.17, 15) is 4.39 Å². The van der Waals surface area contributed by atoms with E-state index in [2.05, 4.69) is 15.4 Å². The zero-order valence-electron chi connectivity index (χ0n) is 11.2. The Kier molecular flexibility index (Phi) is 4.11. The molecule has 2 rings (SSSR count). The maximum atomic E-state index is 13.3. The summed E-state index contributed by atoms with van der Waals surface area (Å²) in [6.07, 6.45) is 4.48. The van der Waals surface area contributed by atoms with Gasteiger partial charge in [0.05, 0.1) is 25.5 Å². The number of methoxy groups -OCH3 is 1. The number of rotatable bonds is 5. The van der Waals surface area contributed by atoms with E-state index in [1.54, 1.807) is 19.5 Å². The van der Waals surface area contributed by atoms with Gasteiger partial charge in [-0.15, -0.1) is 0 Å². The Morgan fingerprint density at radius 3 is 2.79 bits per heavy atom. The maximum absolute atomic E-state index is 13.3. The van der Waals surface area contributed by atoms with Gasteiger partial charge in [-0.3, -0.25) is 9.67 Å². The molecule has 6 heteroatoms. The maximum Gasteiger partial charge on any atom is 0.161 e. The normalized spacial score (nSPS) is 12.4. The van der Waals surface area contributed by atoms with Gasteiger partial charge in [0, 0.05) is 12.7 Å². The van der Waals surface area contributed by atoms with Gasteiger partial charge in [0.1, 0.15) is 11.5 Å². The third kappa shape index (κ3) is 2.58. The minimum atomic E-state index is -0.362. The lowest BCUT2D eigenvalue weighted by Gasteiger charge is -2.19. The largest absolute Gasteiger partial charge is 0.493 e. The fraction of sp³-hybridized carbons (Fsp3) is 0.385. The molecule has 0 radical (unpaired) electrons. The smallest absolute Gasteiger partial charge is 0.161 e. The first kappa shape index (κ1) is 13.5. The van der Waals surface area contributed by atoms with Crippen LogP contribution in [0.4, 0.5) is 4.39 Å². The molecule has 0 aliphatic rings. The van der Waals surface area contributed by atoms with Crippen molar-refractivity contribution >= 4 is 0 Å². The summed E-state index contributed by atoms with van der Waals surface area (Å²) >= 11 is 0. The number of halogens is 1. The molecule has 1 atom stereocenters. The van der Waals surface area contributed by atoms with Gasteiger partial charge in [-0.25, -0.2) is 4.39 Å². The van der Waals surface area contributed by atoms with E-state index in [1.165, 1.54) is 12.3 Å². The molecule has 5 nitrogen and oxygen atoms in total. The molecule has 0 bridgehead atoms. The van der Waals surface area contributed by atoms with E-state index in [-0.39, 0.29) is 11.9 Å². The Balaban J connectivity index is 2.50. The predicted molar refractivity (Wildman–Crippen MR) is 69.6 cm³/mol. The van der Waals surface area contributed by atoms with Gasteiger partial charge in [0.15, 0.2) is 5.75 Å². The van der Waals surface area contributed by atoms with Crippen LogP contribution >= 0.6 is 0 Å². The first-order chi connectivity index (χ1) is 9.21. The van der Waals surface area contributed by atoms with E-state index >= 15 is 0 Å². The highest BCUT2D eigenvalue weighted by Gasteiger charge is 2.22. The molecular weight excluding hydrogens is 247 g/mol. The van der Waals surface area contributed by atoms with Gasteiger partial charge in [-0.2, -0.15) is 5.10 Å². The summed E-state index contributed by atoms with van der Waals surface area (Å²) in [4.78, 5) is 3.89. The molecule has 0 saturated carbocycles. The van der Waals surface area contributed by atoms with Crippen molar-refractivity contribution in [3.05, 3.63) is 41.7 Å². The number of hydrogen-bond donors (Lipinski definition) is 1. The average Bonchev–Trinajstić information content (AvgIpc) is 2.83. The summed E-state index contributed by atoms with van der Waals surface area (Å²) in [6.45, 7) is 2.70. The van der Waals surface area contributed by atoms with Crippen LogP contribution in [0, 0.1) is 5.82 Å². The van der Waals surface area contributed by atoms with E-state index in [0.29, 0.717) is 12.3 Å². The number of nitrogens with one attached hydrogen (secondary N) is 1. The van der Waals surface area contributed by atoms with Gasteiger partial charge in [0.2, 0.25) is 0 Å². The second kappa shape index (κ2) is 5.79. The molecule has 0 fully saturated rings. The molecule has 0 aliphatic carbocycles. The van der Waals surface area contributed by atoms with Gasteiger partial charge in [0.25, 0.3) is 0 Å². The summed E-state index contributed by atoms with van der Waals surface area (Å²) < 4.78 is 20.5. The molecule has 0 spiro atoms. The average molecular weight is 264 g/mol. The number of nitrogens with zero attached hydrogens (tertiary/aromatic N) is 3. The third-order valence-electron chi connectivity index (χ3n) is 2.99. The second-order valence-corrected chi connectivity index (χ2v) is 4.07. The Bertz CT molecular complexity index is 534. The van der Waals surface area contributed by atoms with Crippen LogP contribution in [-0.4, -0.2) is 28.9 Å². The molecule has 2 heterocycles. The van der Waals surface area contributed by atoms with Crippen molar-refractivity contribution in [2.75, 3.05) is 14.2 Å². The van der Waals surface area contributed by atoms with Gasteiger partial charge < -0.3 is 10.1 Å². The van der Waals surface area contributed by atoms with E-state index < -0.39 is 0 Å². The van der Waals surface area contributed by atoms with Gasteiger partial charge in [-0.05, 0) is 25.6 Å². The van der Waals surface area contributed by atoms with Crippen molar-refractivity contribution in [3.8, 4) is 5.75 Å². The standard InChI is InChI=1S/C13H17FN4O/c1-4-18-13(11(19-3)8-17-18)12(15-2)9-5-10(14)7-16-6-9/h5-8,12,15H,4H2,1-3H3. The van der Waals surface area contributed by atoms with Crippen molar-refractivity contribution < 1.29 is 9.13 Å². The van der Waals surface area contributed by atoms with Crippen LogP contribution < -0.4 is 10.1 Å². The fourth-order valence-electron chi connectivity index (χ4n) is 2.13. The van der Waals surface area contributed by atoms with Crippen molar-refractivity contribution in [1.82, 2.24) is 20.1 Å². The number of pyridine rings is 1. The molecule has 2 aromatic heterocycles. The number of hydrogen-bond acceptors (Lipinski definition) is 4. The molecule has 0 amide bonds. The first-order valence-electron chi connectivity index (χ1n) is 6.08. The Morgan fingerprint density at radius 2 is 2.21 bits per heavy atom. The van der Waals surface area contributed by atoms with Crippen LogP contribution in [0.2, 0.25) is 0 Å². The van der Waals surface area contributed by atoms with E-state index in [1.807, 2.05) is 18.7 Å².